The molecule has 0 bridgehead atoms. The third kappa shape index (κ3) is 3.65. The lowest BCUT2D eigenvalue weighted by molar-refractivity contribution is -0.137. The summed E-state index contributed by atoms with van der Waals surface area (Å²) >= 11 is 8.76. The van der Waals surface area contributed by atoms with E-state index in [0.29, 0.717) is 21.6 Å². The van der Waals surface area contributed by atoms with Crippen LogP contribution in [0.4, 0.5) is 5.69 Å². The van der Waals surface area contributed by atoms with E-state index >= 15 is 0 Å². The molecule has 0 unspecified atom stereocenters. The van der Waals surface area contributed by atoms with E-state index in [9.17, 15) is 9.59 Å². The number of Topliss-reactive ketones (excluding diaryl/α,β-unsaturated/α-hetero) is 1. The topological polar surface area (TPSA) is 62.2 Å². The van der Waals surface area contributed by atoms with E-state index in [1.54, 1.807) is 24.1 Å². The Kier molecular flexibility index (Phi) is 6.31. The van der Waals surface area contributed by atoms with Crippen LogP contribution in [-0.4, -0.2) is 39.7 Å². The molecule has 0 amide bonds. The number of hydrogen-bond donors (Lipinski definition) is 0. The molecule has 1 aromatic carbocycles. The van der Waals surface area contributed by atoms with E-state index in [-0.39, 0.29) is 11.8 Å². The number of thioether (sulfide) groups is 2. The van der Waals surface area contributed by atoms with Crippen LogP contribution in [0, 0.1) is 0 Å². The van der Waals surface area contributed by atoms with E-state index in [0.717, 1.165) is 24.2 Å². The number of ketones is 1. The SMILES string of the molecule is CCCC1=C(C(=O)OCC)S[C@@]2(SC(C(C)=O)=NN2c2ccc(Cl)cc2)N1C. The Morgan fingerprint density at radius 2 is 1.89 bits per heavy atom. The first-order valence-corrected chi connectivity index (χ1v) is 11.0. The Labute approximate surface area is 178 Å². The molecule has 6 nitrogen and oxygen atoms in total. The molecule has 1 aromatic rings. The molecule has 0 N–H and O–H groups in total. The minimum absolute atomic E-state index is 0.114. The second-order valence-corrected chi connectivity index (χ2v) is 9.34. The molecule has 2 aliphatic rings. The lowest BCUT2D eigenvalue weighted by Crippen LogP contribution is -2.47. The zero-order valence-corrected chi connectivity index (χ0v) is 18.6. The van der Waals surface area contributed by atoms with Gasteiger partial charge in [0.05, 0.1) is 12.3 Å². The fourth-order valence-electron chi connectivity index (χ4n) is 3.02. The van der Waals surface area contributed by atoms with Crippen molar-refractivity contribution in [2.24, 2.45) is 5.10 Å². The minimum Gasteiger partial charge on any atom is -0.462 e. The van der Waals surface area contributed by atoms with Gasteiger partial charge in [0.25, 0.3) is 0 Å². The molecular formula is C19H22ClN3O3S2. The number of hydrazone groups is 1. The lowest BCUT2D eigenvalue weighted by Gasteiger charge is -2.39. The normalized spacial score (nSPS) is 21.5. The molecule has 0 fully saturated rings. The molecule has 2 aliphatic heterocycles. The van der Waals surface area contributed by atoms with Crippen molar-refractivity contribution in [2.45, 2.75) is 37.9 Å². The maximum atomic E-state index is 12.6. The number of hydrogen-bond acceptors (Lipinski definition) is 8. The predicted octanol–water partition coefficient (Wildman–Crippen LogP) is 4.66. The van der Waals surface area contributed by atoms with Crippen LogP contribution in [-0.2, 0) is 14.3 Å². The number of allylic oxidation sites excluding steroid dienone is 1. The van der Waals surface area contributed by atoms with Gasteiger partial charge in [-0.15, -0.1) is 0 Å². The molecule has 1 atom stereocenters. The van der Waals surface area contributed by atoms with Gasteiger partial charge in [-0.05, 0) is 49.4 Å². The van der Waals surface area contributed by atoms with Gasteiger partial charge >= 0.3 is 5.97 Å². The van der Waals surface area contributed by atoms with Crippen molar-refractivity contribution in [3.05, 3.63) is 39.9 Å². The number of anilines is 1. The molecule has 1 spiro atoms. The van der Waals surface area contributed by atoms with E-state index in [4.69, 9.17) is 16.3 Å². The zero-order chi connectivity index (χ0) is 20.5. The first-order chi connectivity index (χ1) is 13.3. The van der Waals surface area contributed by atoms with E-state index in [1.807, 2.05) is 24.1 Å². The van der Waals surface area contributed by atoms with Gasteiger partial charge in [-0.25, -0.2) is 9.80 Å². The molecule has 0 aliphatic carbocycles. The van der Waals surface area contributed by atoms with Crippen molar-refractivity contribution in [1.82, 2.24) is 4.90 Å². The highest BCUT2D eigenvalue weighted by Crippen LogP contribution is 2.59. The summed E-state index contributed by atoms with van der Waals surface area (Å²) in [5.74, 6) is -0.455. The average Bonchev–Trinajstić information content (AvgIpc) is 3.17. The van der Waals surface area contributed by atoms with Crippen LogP contribution >= 0.6 is 35.1 Å². The van der Waals surface area contributed by atoms with Crippen LogP contribution in [0.25, 0.3) is 0 Å². The first kappa shape index (κ1) is 21.1. The van der Waals surface area contributed by atoms with Crippen molar-refractivity contribution >= 4 is 57.6 Å². The quantitative estimate of drug-likeness (QED) is 0.597. The van der Waals surface area contributed by atoms with E-state index in [2.05, 4.69) is 12.0 Å². The molecule has 150 valence electrons. The Morgan fingerprint density at radius 1 is 1.21 bits per heavy atom. The van der Waals surface area contributed by atoms with Gasteiger partial charge < -0.3 is 9.64 Å². The molecule has 2 heterocycles. The van der Waals surface area contributed by atoms with E-state index in [1.165, 1.54) is 30.4 Å². The monoisotopic (exact) mass is 439 g/mol. The number of esters is 1. The third-order valence-electron chi connectivity index (χ3n) is 4.33. The summed E-state index contributed by atoms with van der Waals surface area (Å²) < 4.78 is 4.49. The molecule has 9 heteroatoms. The van der Waals surface area contributed by atoms with Gasteiger partial charge in [-0.3, -0.25) is 4.79 Å². The number of carbonyl (C=O) groups excluding carboxylic acids is 2. The van der Waals surface area contributed by atoms with Crippen LogP contribution in [0.1, 0.15) is 33.6 Å². The van der Waals surface area contributed by atoms with Crippen LogP contribution in [0.15, 0.2) is 40.0 Å². The van der Waals surface area contributed by atoms with Crippen molar-refractivity contribution < 1.29 is 14.3 Å². The predicted molar refractivity (Wildman–Crippen MR) is 116 cm³/mol. The second kappa shape index (κ2) is 8.39. The minimum atomic E-state index is -0.804. The molecule has 28 heavy (non-hydrogen) atoms. The standard InChI is InChI=1S/C19H22ClN3O3S2/c1-5-7-15-16(18(25)26-6-2)27-19(22(15)4)23(21-17(28-19)12(3)24)14-10-8-13(20)9-11-14/h8-11H,5-7H2,1-4H3/t19-/m1/s1. The van der Waals surface area contributed by atoms with E-state index < -0.39 is 4.33 Å². The molecule has 0 saturated carbocycles. The molecular weight excluding hydrogens is 418 g/mol. The fourth-order valence-corrected chi connectivity index (χ4v) is 6.04. The molecule has 0 saturated heterocycles. The average molecular weight is 440 g/mol. The number of halogens is 1. The van der Waals surface area contributed by atoms with Crippen molar-refractivity contribution in [1.29, 1.82) is 0 Å². The summed E-state index contributed by atoms with van der Waals surface area (Å²) in [7, 11) is 1.93. The van der Waals surface area contributed by atoms with Crippen molar-refractivity contribution in [3.63, 3.8) is 0 Å². The Bertz CT molecular complexity index is 856. The van der Waals surface area contributed by atoms with Crippen LogP contribution in [0.3, 0.4) is 0 Å². The molecule has 0 radical (unpaired) electrons. The summed E-state index contributed by atoms with van der Waals surface area (Å²) in [5.41, 5.74) is 1.69. The Hall–Kier alpha value is -1.64. The van der Waals surface area contributed by atoms with Gasteiger partial charge in [0.15, 0.2) is 10.8 Å². The summed E-state index contributed by atoms with van der Waals surface area (Å²) in [6.07, 6.45) is 1.61. The van der Waals surface area contributed by atoms with Gasteiger partial charge in [-0.1, -0.05) is 36.7 Å². The Balaban J connectivity index is 2.06. The number of rotatable bonds is 6. The Morgan fingerprint density at radius 3 is 2.46 bits per heavy atom. The smallest absolute Gasteiger partial charge is 0.346 e. The summed E-state index contributed by atoms with van der Waals surface area (Å²) in [4.78, 5) is 27.4. The highest BCUT2D eigenvalue weighted by molar-refractivity contribution is 8.28. The highest BCUT2D eigenvalue weighted by Gasteiger charge is 2.56. The lowest BCUT2D eigenvalue weighted by atomic mass is 10.2. The van der Waals surface area contributed by atoms with Gasteiger partial charge in [0.2, 0.25) is 4.33 Å². The molecule has 0 aromatic heterocycles. The first-order valence-electron chi connectivity index (χ1n) is 9.01. The largest absolute Gasteiger partial charge is 0.462 e. The maximum Gasteiger partial charge on any atom is 0.346 e. The number of ether oxygens (including phenoxy) is 1. The summed E-state index contributed by atoms with van der Waals surface area (Å²) in [6.45, 7) is 5.66. The van der Waals surface area contributed by atoms with Gasteiger partial charge in [-0.2, -0.15) is 5.10 Å². The number of nitrogens with zero attached hydrogens (tertiary/aromatic N) is 3. The summed E-state index contributed by atoms with van der Waals surface area (Å²) in [6, 6.07) is 7.27. The highest BCUT2D eigenvalue weighted by atomic mass is 35.5. The van der Waals surface area contributed by atoms with Crippen molar-refractivity contribution in [2.75, 3.05) is 18.7 Å². The molecule has 3 rings (SSSR count). The van der Waals surface area contributed by atoms with Crippen LogP contribution in [0.2, 0.25) is 5.02 Å². The summed E-state index contributed by atoms with van der Waals surface area (Å²) in [5, 5.41) is 7.39. The third-order valence-corrected chi connectivity index (χ3v) is 7.68. The maximum absolute atomic E-state index is 12.6. The second-order valence-electron chi connectivity index (χ2n) is 6.31. The van der Waals surface area contributed by atoms with Gasteiger partial charge in [0, 0.05) is 24.7 Å². The van der Waals surface area contributed by atoms with Gasteiger partial charge in [0.1, 0.15) is 4.91 Å². The fraction of sp³-hybridized carbons (Fsp3) is 0.421. The number of benzene rings is 1. The van der Waals surface area contributed by atoms with Crippen LogP contribution < -0.4 is 5.01 Å². The van der Waals surface area contributed by atoms with Crippen molar-refractivity contribution in [3.8, 4) is 0 Å². The van der Waals surface area contributed by atoms with Crippen LogP contribution in [0.5, 0.6) is 0 Å². The number of carbonyl (C=O) groups is 2. The zero-order valence-electron chi connectivity index (χ0n) is 16.2.